The van der Waals surface area contributed by atoms with Gasteiger partial charge in [-0.05, 0) is 38.1 Å². The van der Waals surface area contributed by atoms with Crippen LogP contribution in [0.3, 0.4) is 0 Å². The van der Waals surface area contributed by atoms with Crippen molar-refractivity contribution in [1.29, 1.82) is 0 Å². The van der Waals surface area contributed by atoms with E-state index in [9.17, 15) is 8.42 Å². The number of hydrogen-bond acceptors (Lipinski definition) is 6. The van der Waals surface area contributed by atoms with Crippen LogP contribution in [-0.4, -0.2) is 75.6 Å². The van der Waals surface area contributed by atoms with Crippen LogP contribution in [-0.2, 0) is 23.5 Å². The molecule has 2 fully saturated rings. The summed E-state index contributed by atoms with van der Waals surface area (Å²) >= 11 is 0. The summed E-state index contributed by atoms with van der Waals surface area (Å²) in [5.74, 6) is 1.40. The first-order valence-corrected chi connectivity index (χ1v) is 11.7. The van der Waals surface area contributed by atoms with Crippen molar-refractivity contribution in [2.45, 2.75) is 31.7 Å². The standard InChI is InChI=1S/C19H28N6O2S/c1-23-12-8-22-19(23)18-17(20-6-7-21-18)13-15-3-9-24(14-15)16-4-10-25(11-5-16)28(2,26)27/h6-8,12,15-16H,3-5,9-11,13-14H2,1-2H3. The van der Waals surface area contributed by atoms with E-state index in [1.807, 2.05) is 17.8 Å². The minimum Gasteiger partial charge on any atom is -0.333 e. The van der Waals surface area contributed by atoms with E-state index in [4.69, 9.17) is 0 Å². The summed E-state index contributed by atoms with van der Waals surface area (Å²) in [7, 11) is -1.09. The molecule has 2 saturated heterocycles. The van der Waals surface area contributed by atoms with Gasteiger partial charge in [0.25, 0.3) is 0 Å². The van der Waals surface area contributed by atoms with Gasteiger partial charge in [-0.1, -0.05) is 0 Å². The Morgan fingerprint density at radius 3 is 2.46 bits per heavy atom. The van der Waals surface area contributed by atoms with Crippen LogP contribution in [0.2, 0.25) is 0 Å². The van der Waals surface area contributed by atoms with E-state index in [1.165, 1.54) is 6.26 Å². The summed E-state index contributed by atoms with van der Waals surface area (Å²) in [4.78, 5) is 16.1. The zero-order valence-electron chi connectivity index (χ0n) is 16.5. The molecule has 4 rings (SSSR count). The summed E-state index contributed by atoms with van der Waals surface area (Å²) in [5.41, 5.74) is 1.88. The van der Waals surface area contributed by atoms with E-state index in [0.717, 1.165) is 56.0 Å². The van der Waals surface area contributed by atoms with Crippen LogP contribution in [0, 0.1) is 5.92 Å². The van der Waals surface area contributed by atoms with Crippen molar-refractivity contribution in [2.75, 3.05) is 32.4 Å². The number of sulfonamides is 1. The van der Waals surface area contributed by atoms with Crippen LogP contribution < -0.4 is 0 Å². The molecule has 2 aromatic rings. The molecular weight excluding hydrogens is 376 g/mol. The largest absolute Gasteiger partial charge is 0.333 e. The van der Waals surface area contributed by atoms with Gasteiger partial charge in [-0.3, -0.25) is 9.88 Å². The molecule has 2 aliphatic rings. The van der Waals surface area contributed by atoms with E-state index >= 15 is 0 Å². The second-order valence-electron chi connectivity index (χ2n) is 7.96. The fourth-order valence-corrected chi connectivity index (χ4v) is 5.34. The van der Waals surface area contributed by atoms with Gasteiger partial charge in [0.05, 0.1) is 11.9 Å². The van der Waals surface area contributed by atoms with Crippen LogP contribution in [0.25, 0.3) is 11.5 Å². The molecular formula is C19H28N6O2S. The molecule has 1 unspecified atom stereocenters. The lowest BCUT2D eigenvalue weighted by Crippen LogP contribution is -2.45. The van der Waals surface area contributed by atoms with E-state index in [1.54, 1.807) is 22.9 Å². The highest BCUT2D eigenvalue weighted by Gasteiger charge is 2.33. The minimum absolute atomic E-state index is 0.485. The first kappa shape index (κ1) is 19.5. The highest BCUT2D eigenvalue weighted by Crippen LogP contribution is 2.28. The van der Waals surface area contributed by atoms with Crippen molar-refractivity contribution in [1.82, 2.24) is 28.7 Å². The Balaban J connectivity index is 1.38. The molecule has 0 bridgehead atoms. The number of nitrogens with zero attached hydrogens (tertiary/aromatic N) is 6. The predicted molar refractivity (Wildman–Crippen MR) is 107 cm³/mol. The van der Waals surface area contributed by atoms with Crippen LogP contribution in [0.1, 0.15) is 25.0 Å². The number of rotatable bonds is 5. The topological polar surface area (TPSA) is 84.2 Å². The third-order valence-corrected chi connectivity index (χ3v) is 7.32. The Hall–Kier alpha value is -1.84. The summed E-state index contributed by atoms with van der Waals surface area (Å²) in [6.45, 7) is 3.39. The first-order chi connectivity index (χ1) is 13.4. The zero-order chi connectivity index (χ0) is 19.7. The molecule has 2 aromatic heterocycles. The van der Waals surface area contributed by atoms with Gasteiger partial charge < -0.3 is 4.57 Å². The SMILES string of the molecule is Cn1ccnc1-c1nccnc1CC1CCN(C2CCN(S(C)(=O)=O)CC2)C1. The lowest BCUT2D eigenvalue weighted by Gasteiger charge is -2.35. The molecule has 0 radical (unpaired) electrons. The van der Waals surface area contributed by atoms with Crippen molar-refractivity contribution in [3.63, 3.8) is 0 Å². The molecule has 4 heterocycles. The second kappa shape index (κ2) is 7.88. The van der Waals surface area contributed by atoms with Gasteiger partial charge in [0, 0.05) is 57.5 Å². The minimum atomic E-state index is -3.06. The molecule has 2 aliphatic heterocycles. The van der Waals surface area contributed by atoms with Crippen LogP contribution in [0.4, 0.5) is 0 Å². The van der Waals surface area contributed by atoms with Crippen LogP contribution in [0.15, 0.2) is 24.8 Å². The smallest absolute Gasteiger partial charge is 0.211 e. The van der Waals surface area contributed by atoms with Gasteiger partial charge in [0.15, 0.2) is 5.82 Å². The third-order valence-electron chi connectivity index (χ3n) is 6.02. The maximum atomic E-state index is 11.7. The van der Waals surface area contributed by atoms with Gasteiger partial charge in [-0.2, -0.15) is 0 Å². The Bertz CT molecular complexity index is 920. The maximum absolute atomic E-state index is 11.7. The molecule has 0 aliphatic carbocycles. The molecule has 1 atom stereocenters. The molecule has 0 saturated carbocycles. The lowest BCUT2D eigenvalue weighted by atomic mass is 10.0. The first-order valence-electron chi connectivity index (χ1n) is 9.88. The number of aryl methyl sites for hydroxylation is 1. The van der Waals surface area contributed by atoms with E-state index in [0.29, 0.717) is 25.0 Å². The summed E-state index contributed by atoms with van der Waals surface area (Å²) in [6, 6.07) is 0.485. The Labute approximate surface area is 166 Å². The fourth-order valence-electron chi connectivity index (χ4n) is 4.47. The van der Waals surface area contributed by atoms with Crippen molar-refractivity contribution in [2.24, 2.45) is 13.0 Å². The van der Waals surface area contributed by atoms with Crippen LogP contribution in [0.5, 0.6) is 0 Å². The summed E-state index contributed by atoms with van der Waals surface area (Å²) < 4.78 is 27.0. The van der Waals surface area contributed by atoms with Gasteiger partial charge in [0.1, 0.15) is 5.69 Å². The van der Waals surface area contributed by atoms with Gasteiger partial charge in [0.2, 0.25) is 10.0 Å². The van der Waals surface area contributed by atoms with Crippen molar-refractivity contribution in [3.8, 4) is 11.5 Å². The fraction of sp³-hybridized carbons (Fsp3) is 0.632. The second-order valence-corrected chi connectivity index (χ2v) is 9.94. The average molecular weight is 405 g/mol. The van der Waals surface area contributed by atoms with Gasteiger partial charge in [-0.25, -0.2) is 22.7 Å². The molecule has 0 aromatic carbocycles. The normalized spacial score (nSPS) is 22.7. The number of piperidine rings is 1. The van der Waals surface area contributed by atoms with Gasteiger partial charge >= 0.3 is 0 Å². The molecule has 0 spiro atoms. The Morgan fingerprint density at radius 1 is 1.04 bits per heavy atom. The van der Waals surface area contributed by atoms with E-state index in [-0.39, 0.29) is 0 Å². The maximum Gasteiger partial charge on any atom is 0.211 e. The van der Waals surface area contributed by atoms with Crippen molar-refractivity contribution in [3.05, 3.63) is 30.5 Å². The molecule has 9 heteroatoms. The van der Waals surface area contributed by atoms with Crippen molar-refractivity contribution >= 4 is 10.0 Å². The molecule has 0 N–H and O–H groups in total. The predicted octanol–water partition coefficient (Wildman–Crippen LogP) is 1.17. The van der Waals surface area contributed by atoms with E-state index in [2.05, 4.69) is 19.9 Å². The summed E-state index contributed by atoms with van der Waals surface area (Å²) in [5, 5.41) is 0. The number of likely N-dealkylation sites (tertiary alicyclic amines) is 1. The monoisotopic (exact) mass is 404 g/mol. The number of imidazole rings is 1. The van der Waals surface area contributed by atoms with Gasteiger partial charge in [-0.15, -0.1) is 0 Å². The van der Waals surface area contributed by atoms with E-state index < -0.39 is 10.0 Å². The Kier molecular flexibility index (Phi) is 5.48. The molecule has 152 valence electrons. The summed E-state index contributed by atoms with van der Waals surface area (Å²) in [6.07, 6.45) is 12.4. The number of hydrogen-bond donors (Lipinski definition) is 0. The zero-order valence-corrected chi connectivity index (χ0v) is 17.3. The Morgan fingerprint density at radius 2 is 1.79 bits per heavy atom. The number of aromatic nitrogens is 4. The molecule has 0 amide bonds. The van der Waals surface area contributed by atoms with Crippen molar-refractivity contribution < 1.29 is 8.42 Å². The lowest BCUT2D eigenvalue weighted by molar-refractivity contribution is 0.163. The third kappa shape index (κ3) is 4.11. The highest BCUT2D eigenvalue weighted by atomic mass is 32.2. The average Bonchev–Trinajstić information content (AvgIpc) is 3.31. The quantitative estimate of drug-likeness (QED) is 0.744. The molecule has 8 nitrogen and oxygen atoms in total. The van der Waals surface area contributed by atoms with Crippen LogP contribution >= 0.6 is 0 Å². The molecule has 28 heavy (non-hydrogen) atoms. The highest BCUT2D eigenvalue weighted by molar-refractivity contribution is 7.88.